The van der Waals surface area contributed by atoms with Gasteiger partial charge in [-0.1, -0.05) is 50.0 Å². The lowest BCUT2D eigenvalue weighted by Gasteiger charge is -2.30. The van der Waals surface area contributed by atoms with Crippen LogP contribution in [-0.2, 0) is 11.3 Å². The van der Waals surface area contributed by atoms with E-state index in [9.17, 15) is 36.3 Å². The van der Waals surface area contributed by atoms with Crippen molar-refractivity contribution in [3.05, 3.63) is 57.1 Å². The van der Waals surface area contributed by atoms with Gasteiger partial charge in [-0.25, -0.2) is 8.78 Å². The predicted octanol–water partition coefficient (Wildman–Crippen LogP) is 7.40. The van der Waals surface area contributed by atoms with Gasteiger partial charge in [0.25, 0.3) is 18.2 Å². The first-order chi connectivity index (χ1) is 20.0. The van der Waals surface area contributed by atoms with Crippen LogP contribution in [-0.4, -0.2) is 43.0 Å². The van der Waals surface area contributed by atoms with Crippen molar-refractivity contribution in [2.45, 2.75) is 71.6 Å². The summed E-state index contributed by atoms with van der Waals surface area (Å²) in [7, 11) is 0. The molecule has 1 saturated carbocycles. The SMILES string of the molecule is CC(C)(C)C(=O)NCc1ccc(Cl)c(C(=O)Nc2ccc(OCC(F)F)c(C(=O)NC3CCC(C(F)(F)F)CC3)c2)c1Cl. The van der Waals surface area contributed by atoms with E-state index in [4.69, 9.17) is 27.9 Å². The van der Waals surface area contributed by atoms with Gasteiger partial charge in [0.15, 0.2) is 0 Å². The molecule has 43 heavy (non-hydrogen) atoms. The topological polar surface area (TPSA) is 96.5 Å². The van der Waals surface area contributed by atoms with Gasteiger partial charge < -0.3 is 20.7 Å². The van der Waals surface area contributed by atoms with Crippen LogP contribution in [0.15, 0.2) is 30.3 Å². The number of carbonyl (C=O) groups is 3. The van der Waals surface area contributed by atoms with Crippen LogP contribution in [0.5, 0.6) is 5.75 Å². The highest BCUT2D eigenvalue weighted by Gasteiger charge is 2.41. The molecule has 2 aromatic rings. The molecule has 0 atom stereocenters. The van der Waals surface area contributed by atoms with Gasteiger partial charge >= 0.3 is 6.18 Å². The Kier molecular flexibility index (Phi) is 11.3. The predicted molar refractivity (Wildman–Crippen MR) is 153 cm³/mol. The van der Waals surface area contributed by atoms with Crippen molar-refractivity contribution < 1.29 is 41.1 Å². The second-order valence-corrected chi connectivity index (χ2v) is 12.0. The summed E-state index contributed by atoms with van der Waals surface area (Å²) in [5.41, 5.74) is -0.469. The quantitative estimate of drug-likeness (QED) is 0.246. The lowest BCUT2D eigenvalue weighted by molar-refractivity contribution is -0.182. The Morgan fingerprint density at radius 3 is 2.21 bits per heavy atom. The van der Waals surface area contributed by atoms with Crippen molar-refractivity contribution in [1.29, 1.82) is 0 Å². The number of alkyl halides is 5. The number of nitrogens with one attached hydrogen (secondary N) is 3. The molecule has 0 aromatic heterocycles. The summed E-state index contributed by atoms with van der Waals surface area (Å²) in [6, 6.07) is 6.17. The molecule has 1 fully saturated rings. The fraction of sp³-hybridized carbons (Fsp3) is 0.483. The van der Waals surface area contributed by atoms with Crippen molar-refractivity contribution in [1.82, 2.24) is 10.6 Å². The molecule has 0 bridgehead atoms. The number of rotatable bonds is 9. The van der Waals surface area contributed by atoms with Crippen molar-refractivity contribution in [3.8, 4) is 5.75 Å². The minimum atomic E-state index is -4.32. The van der Waals surface area contributed by atoms with Crippen LogP contribution >= 0.6 is 23.2 Å². The zero-order valence-electron chi connectivity index (χ0n) is 23.6. The van der Waals surface area contributed by atoms with Gasteiger partial charge in [0.2, 0.25) is 5.91 Å². The molecule has 3 amide bonds. The Morgan fingerprint density at radius 1 is 0.977 bits per heavy atom. The van der Waals surface area contributed by atoms with Crippen molar-refractivity contribution in [3.63, 3.8) is 0 Å². The first-order valence-electron chi connectivity index (χ1n) is 13.5. The third-order valence-corrected chi connectivity index (χ3v) is 7.64. The van der Waals surface area contributed by atoms with Gasteiger partial charge in [0.1, 0.15) is 12.4 Å². The summed E-state index contributed by atoms with van der Waals surface area (Å²) in [5.74, 6) is -3.40. The molecule has 0 heterocycles. The maximum atomic E-state index is 13.2. The number of hydrogen-bond acceptors (Lipinski definition) is 4. The molecule has 1 aliphatic carbocycles. The van der Waals surface area contributed by atoms with E-state index in [0.717, 1.165) is 0 Å². The number of carbonyl (C=O) groups excluding carboxylic acids is 3. The Labute approximate surface area is 255 Å². The molecule has 2 aromatic carbocycles. The minimum absolute atomic E-state index is 0.0106. The molecule has 14 heteroatoms. The summed E-state index contributed by atoms with van der Waals surface area (Å²) < 4.78 is 69.8. The Morgan fingerprint density at radius 2 is 1.63 bits per heavy atom. The van der Waals surface area contributed by atoms with E-state index in [1.165, 1.54) is 24.3 Å². The average molecular weight is 652 g/mol. The fourth-order valence-corrected chi connectivity index (χ4v) is 5.08. The second kappa shape index (κ2) is 14.1. The summed E-state index contributed by atoms with van der Waals surface area (Å²) in [6.45, 7) is 4.23. The van der Waals surface area contributed by atoms with Crippen LogP contribution in [0.25, 0.3) is 0 Å². The maximum Gasteiger partial charge on any atom is 0.391 e. The Balaban J connectivity index is 1.80. The highest BCUT2D eigenvalue weighted by molar-refractivity contribution is 6.40. The van der Waals surface area contributed by atoms with Crippen LogP contribution < -0.4 is 20.7 Å². The zero-order chi connectivity index (χ0) is 32.1. The van der Waals surface area contributed by atoms with E-state index in [1.807, 2.05) is 0 Å². The smallest absolute Gasteiger partial charge is 0.391 e. The number of anilines is 1. The van der Waals surface area contributed by atoms with E-state index in [2.05, 4.69) is 16.0 Å². The number of halogens is 7. The monoisotopic (exact) mass is 651 g/mol. The van der Waals surface area contributed by atoms with Crippen LogP contribution in [0.1, 0.15) is 72.7 Å². The molecular weight excluding hydrogens is 620 g/mol. The zero-order valence-corrected chi connectivity index (χ0v) is 25.2. The number of benzene rings is 2. The van der Waals surface area contributed by atoms with Crippen molar-refractivity contribution >= 4 is 46.6 Å². The number of amides is 3. The molecule has 0 aliphatic heterocycles. The van der Waals surface area contributed by atoms with Gasteiger partial charge in [0, 0.05) is 23.7 Å². The third kappa shape index (κ3) is 9.43. The largest absolute Gasteiger partial charge is 0.487 e. The van der Waals surface area contributed by atoms with Crippen LogP contribution in [0.2, 0.25) is 10.0 Å². The average Bonchev–Trinajstić information content (AvgIpc) is 2.91. The third-order valence-electron chi connectivity index (χ3n) is 6.89. The van der Waals surface area contributed by atoms with Crippen molar-refractivity contribution in [2.75, 3.05) is 11.9 Å². The van der Waals surface area contributed by atoms with E-state index in [0.29, 0.717) is 5.56 Å². The fourth-order valence-electron chi connectivity index (χ4n) is 4.47. The lowest BCUT2D eigenvalue weighted by atomic mass is 9.85. The summed E-state index contributed by atoms with van der Waals surface area (Å²) in [6.07, 6.45) is -7.28. The van der Waals surface area contributed by atoms with E-state index >= 15 is 0 Å². The highest BCUT2D eigenvalue weighted by Crippen LogP contribution is 2.38. The van der Waals surface area contributed by atoms with Crippen LogP contribution in [0, 0.1) is 11.3 Å². The summed E-state index contributed by atoms with van der Waals surface area (Å²) in [4.78, 5) is 38.6. The van der Waals surface area contributed by atoms with Crippen LogP contribution in [0.4, 0.5) is 27.6 Å². The first kappa shape index (κ1) is 34.4. The Hall–Kier alpha value is -3.12. The number of ether oxygens (including phenoxy) is 1. The molecule has 0 radical (unpaired) electrons. The maximum absolute atomic E-state index is 13.2. The normalized spacial score (nSPS) is 17.4. The Bertz CT molecular complexity index is 1340. The molecule has 236 valence electrons. The van der Waals surface area contributed by atoms with Crippen molar-refractivity contribution in [2.24, 2.45) is 11.3 Å². The first-order valence-corrected chi connectivity index (χ1v) is 14.2. The molecule has 0 saturated heterocycles. The van der Waals surface area contributed by atoms with Gasteiger partial charge in [-0.3, -0.25) is 14.4 Å². The number of hydrogen-bond donors (Lipinski definition) is 3. The summed E-state index contributed by atoms with van der Waals surface area (Å²) in [5, 5.41) is 7.95. The van der Waals surface area contributed by atoms with E-state index in [1.54, 1.807) is 26.8 Å². The molecule has 3 N–H and O–H groups in total. The van der Waals surface area contributed by atoms with E-state index < -0.39 is 48.4 Å². The standard InChI is InChI=1S/C29H32Cl2F5N3O4/c1-28(2,3)27(42)37-13-15-4-10-20(30)23(24(15)31)26(41)39-18-9-11-21(43-14-22(32)33)19(12-18)25(40)38-17-7-5-16(6-8-17)29(34,35)36/h4,9-12,16-17,22H,5-8,13-14H2,1-3H3,(H,37,42)(H,38,40)(H,39,41). The van der Waals surface area contributed by atoms with Gasteiger partial charge in [-0.2, -0.15) is 13.2 Å². The molecule has 1 aliphatic rings. The van der Waals surface area contributed by atoms with Gasteiger partial charge in [0.05, 0.1) is 27.1 Å². The minimum Gasteiger partial charge on any atom is -0.487 e. The molecule has 7 nitrogen and oxygen atoms in total. The van der Waals surface area contributed by atoms with Gasteiger partial charge in [-0.05, 0) is 55.5 Å². The molecule has 3 rings (SSSR count). The lowest BCUT2D eigenvalue weighted by Crippen LogP contribution is -2.40. The molecular formula is C29H32Cl2F5N3O4. The van der Waals surface area contributed by atoms with E-state index in [-0.39, 0.29) is 70.7 Å². The second-order valence-electron chi connectivity index (χ2n) is 11.3. The summed E-state index contributed by atoms with van der Waals surface area (Å²) >= 11 is 12.7. The molecule has 0 unspecified atom stereocenters. The van der Waals surface area contributed by atoms with Crippen LogP contribution in [0.3, 0.4) is 0 Å². The molecule has 0 spiro atoms. The highest BCUT2D eigenvalue weighted by atomic mass is 35.5. The van der Waals surface area contributed by atoms with Gasteiger partial charge in [-0.15, -0.1) is 0 Å².